The monoisotopic (exact) mass is 1240 g/mol. The molecule has 0 aliphatic rings. The quantitative estimate of drug-likeness (QED) is 0.0212. The van der Waals surface area contributed by atoms with Crippen molar-refractivity contribution in [2.45, 2.75) is 160 Å². The number of ether oxygens (including phenoxy) is 4. The van der Waals surface area contributed by atoms with E-state index in [9.17, 15) is 38.4 Å². The maximum atomic E-state index is 14.2. The van der Waals surface area contributed by atoms with Crippen molar-refractivity contribution in [3.8, 4) is 0 Å². The van der Waals surface area contributed by atoms with E-state index in [-0.39, 0.29) is 92.1 Å². The van der Waals surface area contributed by atoms with Gasteiger partial charge in [-0.1, -0.05) is 171 Å². The number of carbonyl (C=O) groups is 8. The van der Waals surface area contributed by atoms with E-state index in [1.807, 2.05) is 90.6 Å². The second-order valence-electron chi connectivity index (χ2n) is 24.0. The lowest BCUT2D eigenvalue weighted by Gasteiger charge is -2.35. The summed E-state index contributed by atoms with van der Waals surface area (Å²) in [6.07, 6.45) is 5.87. The molecule has 0 fully saturated rings. The van der Waals surface area contributed by atoms with Crippen molar-refractivity contribution in [2.24, 2.45) is 17.8 Å². The Bertz CT molecular complexity index is 2810. The third kappa shape index (κ3) is 28.2. The molecule has 2 N–H and O–H groups in total. The van der Waals surface area contributed by atoms with E-state index in [0.29, 0.717) is 84.7 Å². The first kappa shape index (κ1) is 72.8. The molecule has 0 saturated carbocycles. The molecule has 2 amide bonds. The zero-order valence-corrected chi connectivity index (χ0v) is 54.0. The number of amides is 2. The van der Waals surface area contributed by atoms with Crippen LogP contribution < -0.4 is 10.6 Å². The summed E-state index contributed by atoms with van der Waals surface area (Å²) in [5, 5.41) is 5.98. The number of unbranched alkanes of at least 4 members (excludes halogenated alkanes) is 4. The molecule has 0 radical (unpaired) electrons. The van der Waals surface area contributed by atoms with Gasteiger partial charge in [-0.2, -0.15) is 0 Å². The van der Waals surface area contributed by atoms with Crippen molar-refractivity contribution < 1.29 is 57.3 Å². The molecule has 0 spiro atoms. The van der Waals surface area contributed by atoms with Crippen LogP contribution in [0.5, 0.6) is 0 Å². The zero-order chi connectivity index (χ0) is 64.1. The molecule has 0 saturated heterocycles. The summed E-state index contributed by atoms with van der Waals surface area (Å²) in [6.45, 7) is 11.0. The van der Waals surface area contributed by atoms with Gasteiger partial charge in [-0.25, -0.2) is 0 Å². The van der Waals surface area contributed by atoms with Crippen LogP contribution in [0, 0.1) is 17.8 Å². The van der Waals surface area contributed by atoms with Gasteiger partial charge in [-0.3, -0.25) is 33.6 Å². The number of ketones is 5. The third-order valence-corrected chi connectivity index (χ3v) is 17.0. The molecule has 0 unspecified atom stereocenters. The fourth-order valence-corrected chi connectivity index (χ4v) is 12.2. The van der Waals surface area contributed by atoms with E-state index < -0.39 is 40.1 Å². The van der Waals surface area contributed by atoms with Crippen molar-refractivity contribution in [3.63, 3.8) is 0 Å². The van der Waals surface area contributed by atoms with Crippen LogP contribution in [-0.2, 0) is 74.9 Å². The van der Waals surface area contributed by atoms with Crippen LogP contribution in [0.2, 0.25) is 0 Å². The second kappa shape index (κ2) is 40.7. The zero-order valence-electron chi connectivity index (χ0n) is 53.2. The minimum Gasteiger partial charge on any atom is -0.460 e. The summed E-state index contributed by atoms with van der Waals surface area (Å²) in [5.41, 5.74) is 4.67. The lowest BCUT2D eigenvalue weighted by Crippen LogP contribution is -2.46. The molecule has 0 aliphatic heterocycles. The first-order valence-corrected chi connectivity index (χ1v) is 32.9. The van der Waals surface area contributed by atoms with Crippen molar-refractivity contribution in [2.75, 3.05) is 51.9 Å². The number of nitrogens with one attached hydrogen (secondary N) is 2. The Morgan fingerprint density at radius 3 is 1.48 bits per heavy atom. The topological polar surface area (TPSA) is 198 Å². The highest BCUT2D eigenvalue weighted by Crippen LogP contribution is 2.48. The van der Waals surface area contributed by atoms with Crippen molar-refractivity contribution in [1.29, 1.82) is 0 Å². The molecule has 0 bridgehead atoms. The first-order chi connectivity index (χ1) is 42.9. The summed E-state index contributed by atoms with van der Waals surface area (Å²) in [6, 6.07) is 50.2. The summed E-state index contributed by atoms with van der Waals surface area (Å²) in [4.78, 5) is 105. The second-order valence-corrected chi connectivity index (χ2v) is 25.4. The predicted molar refractivity (Wildman–Crippen MR) is 351 cm³/mol. The molecule has 15 heteroatoms. The van der Waals surface area contributed by atoms with Gasteiger partial charge in [0.2, 0.25) is 11.8 Å². The lowest BCUT2D eigenvalue weighted by atomic mass is 9.84. The molecule has 480 valence electrons. The van der Waals surface area contributed by atoms with E-state index >= 15 is 0 Å². The Balaban J connectivity index is 1.00. The fraction of sp³-hybridized carbons (Fsp3) is 0.486. The van der Waals surface area contributed by atoms with Crippen LogP contribution in [-0.4, -0.2) is 110 Å². The van der Waals surface area contributed by atoms with Gasteiger partial charge in [0.05, 0.1) is 49.7 Å². The largest absolute Gasteiger partial charge is 0.460 e. The van der Waals surface area contributed by atoms with E-state index in [0.717, 1.165) is 36.1 Å². The highest BCUT2D eigenvalue weighted by molar-refractivity contribution is 8.00. The van der Waals surface area contributed by atoms with Gasteiger partial charge in [-0.05, 0) is 107 Å². The van der Waals surface area contributed by atoms with Gasteiger partial charge in [0.1, 0.15) is 28.7 Å². The van der Waals surface area contributed by atoms with E-state index in [1.54, 1.807) is 20.8 Å². The Hall–Kier alpha value is -6.91. The molecule has 0 heterocycles. The minimum absolute atomic E-state index is 0.0169. The van der Waals surface area contributed by atoms with Crippen molar-refractivity contribution in [1.82, 2.24) is 10.6 Å². The molecule has 0 aromatic heterocycles. The lowest BCUT2D eigenvalue weighted by molar-refractivity contribution is -0.161. The van der Waals surface area contributed by atoms with Gasteiger partial charge >= 0.3 is 5.97 Å². The molecule has 14 nitrogen and oxygen atoms in total. The Morgan fingerprint density at radius 1 is 0.472 bits per heavy atom. The average Bonchev–Trinajstić information content (AvgIpc) is 0.871. The number of esters is 1. The maximum Gasteiger partial charge on any atom is 0.309 e. The van der Waals surface area contributed by atoms with Crippen LogP contribution in [0.15, 0.2) is 152 Å². The van der Waals surface area contributed by atoms with E-state index in [4.69, 9.17) is 18.9 Å². The third-order valence-electron chi connectivity index (χ3n) is 15.5. The molecular formula is C74H96N2O12S. The smallest absolute Gasteiger partial charge is 0.309 e. The number of hydrogen-bond donors (Lipinski definition) is 2. The molecule has 5 rings (SSSR count). The van der Waals surface area contributed by atoms with Gasteiger partial charge in [0.15, 0.2) is 5.78 Å². The minimum atomic E-state index is -0.852. The van der Waals surface area contributed by atoms with Crippen molar-refractivity contribution in [3.05, 3.63) is 179 Å². The van der Waals surface area contributed by atoms with Crippen LogP contribution in [0.3, 0.4) is 0 Å². The van der Waals surface area contributed by atoms with Gasteiger partial charge < -0.3 is 34.4 Å². The molecule has 89 heavy (non-hydrogen) atoms. The van der Waals surface area contributed by atoms with Gasteiger partial charge in [-0.15, -0.1) is 11.8 Å². The number of benzene rings is 5. The number of Topliss-reactive ketones (excluding diaryl/α,β-unsaturated/α-hetero) is 5. The number of thioether (sulfide) groups is 1. The van der Waals surface area contributed by atoms with Crippen LogP contribution in [0.4, 0.5) is 0 Å². The summed E-state index contributed by atoms with van der Waals surface area (Å²) < 4.78 is 22.9. The first-order valence-electron chi connectivity index (χ1n) is 31.9. The summed E-state index contributed by atoms with van der Waals surface area (Å²) >= 11 is 1.86. The number of hydrogen-bond acceptors (Lipinski definition) is 13. The van der Waals surface area contributed by atoms with Crippen LogP contribution >= 0.6 is 11.8 Å². The van der Waals surface area contributed by atoms with Crippen LogP contribution in [0.1, 0.15) is 159 Å². The molecular weight excluding hydrogens is 1140 g/mol. The fourth-order valence-electron chi connectivity index (χ4n) is 10.8. The molecule has 5 aromatic rings. The number of carbonyl (C=O) groups excluding carboxylic acids is 8. The number of rotatable bonds is 46. The SMILES string of the molecule is CC(=O)CC[C@H](CC(=O)C[C@@H](CCC(=O)NCCCCCCCC(=O)C[C@@H](Cc1ccccc1)C(=O)N[C@@H](Cc1ccccc1)C(=O)CCCOCCOCCOCCSC(c1ccccc1)(c1ccccc1)c1ccccc1)C(=O)OC(C)(C)C)C(C)=O. The normalized spacial score (nSPS) is 12.9. The molecule has 4 atom stereocenters. The van der Waals surface area contributed by atoms with Crippen molar-refractivity contribution >= 4 is 58.5 Å². The predicted octanol–water partition coefficient (Wildman–Crippen LogP) is 12.8. The highest BCUT2D eigenvalue weighted by Gasteiger charge is 2.37. The maximum absolute atomic E-state index is 14.2. The standard InChI is InChI=1S/C74H96N2O12S/c1-56(77)39-40-60(57(2)78)53-67(80)54-61(72(84)88-73(3,4)5)41-42-70(82)75-43-25-8-6-7-24-37-66(79)55-62(51-58-27-14-9-15-28-58)71(83)76-68(52-59-29-16-10-17-30-59)69(81)38-26-44-85-45-46-86-47-48-87-49-50-89-74(63-31-18-11-19-32-63,64-33-20-12-21-34-64)65-35-22-13-23-36-65/h9-23,27-36,60-62,68H,6-8,24-26,37-55H2,1-5H3,(H,75,82)(H,76,83)/t60-,61-,62-,68+/m1/s1. The summed E-state index contributed by atoms with van der Waals surface area (Å²) in [7, 11) is 0. The van der Waals surface area contributed by atoms with Gasteiger partial charge in [0, 0.05) is 75.7 Å². The Labute approximate surface area is 533 Å². The average molecular weight is 1240 g/mol. The Morgan fingerprint density at radius 2 is 0.944 bits per heavy atom. The highest BCUT2D eigenvalue weighted by atomic mass is 32.2. The summed E-state index contributed by atoms with van der Waals surface area (Å²) in [5.74, 6) is -3.18. The Kier molecular flexibility index (Phi) is 33.3. The van der Waals surface area contributed by atoms with E-state index in [2.05, 4.69) is 83.4 Å². The molecule has 5 aromatic carbocycles. The van der Waals surface area contributed by atoms with Crippen LogP contribution in [0.25, 0.3) is 0 Å². The van der Waals surface area contributed by atoms with Gasteiger partial charge in [0.25, 0.3) is 0 Å². The molecule has 0 aliphatic carbocycles. The van der Waals surface area contributed by atoms with E-state index in [1.165, 1.54) is 30.5 Å².